The number of benzene rings is 1. The zero-order chi connectivity index (χ0) is 15.9. The number of hydrogen-bond acceptors (Lipinski definition) is 2. The molecule has 2 nitrogen and oxygen atoms in total. The average Bonchev–Trinajstić information content (AvgIpc) is 2.36. The number of unbranched alkanes of at least 4 members (excludes halogenated alkanes) is 1. The second-order valence-corrected chi connectivity index (χ2v) is 6.53. The third-order valence-corrected chi connectivity index (χ3v) is 3.82. The SMILES string of the molecule is O=C(OCCCCC(I)=CC(F)(F)F)c1ccc(Br)cc1. The maximum Gasteiger partial charge on any atom is 0.410 e. The predicted octanol–water partition coefficient (Wildman–Crippen LogP) is 5.66. The third kappa shape index (κ3) is 8.45. The van der Waals surface area contributed by atoms with E-state index in [2.05, 4.69) is 15.9 Å². The molecule has 7 heteroatoms. The molecular formula is C14H13BrF3IO2. The van der Waals surface area contributed by atoms with Crippen molar-refractivity contribution in [1.82, 2.24) is 0 Å². The molecule has 1 aromatic rings. The Hall–Kier alpha value is -0.570. The fourth-order valence-corrected chi connectivity index (χ4v) is 2.48. The minimum absolute atomic E-state index is 0.199. The fraction of sp³-hybridized carbons (Fsp3) is 0.357. The van der Waals surface area contributed by atoms with Crippen LogP contribution in [0.2, 0.25) is 0 Å². The first kappa shape index (κ1) is 18.5. The molecule has 0 N–H and O–H groups in total. The number of ether oxygens (including phenoxy) is 1. The number of hydrogen-bond donors (Lipinski definition) is 0. The van der Waals surface area contributed by atoms with Gasteiger partial charge in [-0.2, -0.15) is 13.2 Å². The van der Waals surface area contributed by atoms with Crippen LogP contribution in [0.4, 0.5) is 13.2 Å². The standard InChI is InChI=1S/C14H13BrF3IO2/c15-11-6-4-10(5-7-11)13(20)21-8-2-1-3-12(19)9-14(16,17)18/h4-7,9H,1-3,8H2. The van der Waals surface area contributed by atoms with E-state index in [1.165, 1.54) is 0 Å². The largest absolute Gasteiger partial charge is 0.462 e. The van der Waals surface area contributed by atoms with Gasteiger partial charge >= 0.3 is 12.1 Å². The summed E-state index contributed by atoms with van der Waals surface area (Å²) in [5, 5.41) is 0. The monoisotopic (exact) mass is 476 g/mol. The Kier molecular flexibility index (Phi) is 7.72. The number of carbonyl (C=O) groups is 1. The van der Waals surface area contributed by atoms with Gasteiger partial charge in [-0.15, -0.1) is 0 Å². The number of esters is 1. The number of alkyl halides is 3. The van der Waals surface area contributed by atoms with Crippen molar-refractivity contribution in [3.8, 4) is 0 Å². The van der Waals surface area contributed by atoms with Crippen LogP contribution >= 0.6 is 38.5 Å². The van der Waals surface area contributed by atoms with Crippen molar-refractivity contribution in [2.75, 3.05) is 6.61 Å². The minimum atomic E-state index is -4.27. The molecule has 21 heavy (non-hydrogen) atoms. The summed E-state index contributed by atoms with van der Waals surface area (Å²) < 4.78 is 42.3. The van der Waals surface area contributed by atoms with Gasteiger partial charge in [0.1, 0.15) is 0 Å². The molecule has 0 aliphatic heterocycles. The highest BCUT2D eigenvalue weighted by Crippen LogP contribution is 2.24. The van der Waals surface area contributed by atoms with E-state index in [-0.39, 0.29) is 10.2 Å². The van der Waals surface area contributed by atoms with Crippen LogP contribution in [0.25, 0.3) is 0 Å². The average molecular weight is 477 g/mol. The van der Waals surface area contributed by atoms with Gasteiger partial charge in [0.15, 0.2) is 0 Å². The first-order chi connectivity index (χ1) is 9.78. The molecule has 116 valence electrons. The van der Waals surface area contributed by atoms with Crippen LogP contribution < -0.4 is 0 Å². The highest BCUT2D eigenvalue weighted by molar-refractivity contribution is 14.1. The third-order valence-electron chi connectivity index (χ3n) is 2.44. The quantitative estimate of drug-likeness (QED) is 0.301. The van der Waals surface area contributed by atoms with E-state index < -0.39 is 12.1 Å². The van der Waals surface area contributed by atoms with Gasteiger partial charge in [-0.1, -0.05) is 15.9 Å². The lowest BCUT2D eigenvalue weighted by molar-refractivity contribution is -0.0801. The second kappa shape index (κ2) is 8.77. The molecule has 0 unspecified atom stereocenters. The predicted molar refractivity (Wildman–Crippen MR) is 86.4 cm³/mol. The Labute approximate surface area is 143 Å². The van der Waals surface area contributed by atoms with E-state index in [4.69, 9.17) is 4.74 Å². The van der Waals surface area contributed by atoms with Gasteiger partial charge < -0.3 is 4.74 Å². The zero-order valence-electron chi connectivity index (χ0n) is 10.9. The Balaban J connectivity index is 2.24. The molecule has 0 saturated carbocycles. The molecule has 0 fully saturated rings. The van der Waals surface area contributed by atoms with Gasteiger partial charge in [0.2, 0.25) is 0 Å². The topological polar surface area (TPSA) is 26.3 Å². The number of allylic oxidation sites excluding steroid dienone is 2. The molecule has 1 aromatic carbocycles. The number of halogens is 5. The summed E-state index contributed by atoms with van der Waals surface area (Å²) in [7, 11) is 0. The summed E-state index contributed by atoms with van der Waals surface area (Å²) in [6, 6.07) is 6.75. The van der Waals surface area contributed by atoms with Crippen LogP contribution in [0.1, 0.15) is 29.6 Å². The molecule has 0 heterocycles. The first-order valence-corrected chi connectivity index (χ1v) is 8.02. The van der Waals surface area contributed by atoms with E-state index in [9.17, 15) is 18.0 Å². The van der Waals surface area contributed by atoms with Crippen LogP contribution in [0.15, 0.2) is 38.4 Å². The van der Waals surface area contributed by atoms with Crippen molar-refractivity contribution in [3.63, 3.8) is 0 Å². The zero-order valence-corrected chi connectivity index (χ0v) is 14.7. The molecule has 0 aliphatic carbocycles. The molecule has 0 spiro atoms. The van der Waals surface area contributed by atoms with Crippen molar-refractivity contribution >= 4 is 44.5 Å². The van der Waals surface area contributed by atoms with E-state index in [1.807, 2.05) is 0 Å². The Morgan fingerprint density at radius 1 is 1.24 bits per heavy atom. The maximum absolute atomic E-state index is 12.0. The second-order valence-electron chi connectivity index (χ2n) is 4.23. The molecule has 0 atom stereocenters. The highest BCUT2D eigenvalue weighted by Gasteiger charge is 2.23. The summed E-state index contributed by atoms with van der Waals surface area (Å²) in [6.07, 6.45) is -2.58. The molecule has 0 saturated heterocycles. The van der Waals surface area contributed by atoms with Crippen LogP contribution in [-0.2, 0) is 4.74 Å². The van der Waals surface area contributed by atoms with Crippen molar-refractivity contribution < 1.29 is 22.7 Å². The summed E-state index contributed by atoms with van der Waals surface area (Å²) >= 11 is 4.94. The number of carbonyl (C=O) groups excluding carboxylic acids is 1. The first-order valence-electron chi connectivity index (χ1n) is 6.14. The minimum Gasteiger partial charge on any atom is -0.462 e. The van der Waals surface area contributed by atoms with Gasteiger partial charge in [0.05, 0.1) is 12.2 Å². The lowest BCUT2D eigenvalue weighted by Gasteiger charge is -2.05. The molecule has 0 bridgehead atoms. The van der Waals surface area contributed by atoms with E-state index in [0.717, 1.165) is 4.47 Å². The van der Waals surface area contributed by atoms with E-state index >= 15 is 0 Å². The Bertz CT molecular complexity index is 498. The van der Waals surface area contributed by atoms with Crippen LogP contribution in [0.5, 0.6) is 0 Å². The summed E-state index contributed by atoms with van der Waals surface area (Å²) in [4.78, 5) is 11.6. The van der Waals surface area contributed by atoms with Crippen molar-refractivity contribution in [1.29, 1.82) is 0 Å². The smallest absolute Gasteiger partial charge is 0.410 e. The number of rotatable bonds is 6. The summed E-state index contributed by atoms with van der Waals surface area (Å²) in [5.41, 5.74) is 0.449. The molecule has 0 radical (unpaired) electrons. The van der Waals surface area contributed by atoms with Crippen LogP contribution in [0.3, 0.4) is 0 Å². The van der Waals surface area contributed by atoms with Crippen LogP contribution in [0, 0.1) is 0 Å². The molecular weight excluding hydrogens is 464 g/mol. The van der Waals surface area contributed by atoms with Crippen molar-refractivity contribution in [3.05, 3.63) is 44.0 Å². The Morgan fingerprint density at radius 2 is 1.86 bits per heavy atom. The molecule has 0 aromatic heterocycles. The van der Waals surface area contributed by atoms with E-state index in [1.54, 1.807) is 46.9 Å². The van der Waals surface area contributed by atoms with Gasteiger partial charge in [0.25, 0.3) is 0 Å². The van der Waals surface area contributed by atoms with Gasteiger partial charge in [-0.3, -0.25) is 0 Å². The molecule has 1 rings (SSSR count). The fourth-order valence-electron chi connectivity index (χ4n) is 1.48. The van der Waals surface area contributed by atoms with Gasteiger partial charge in [0, 0.05) is 10.5 Å². The van der Waals surface area contributed by atoms with Crippen molar-refractivity contribution in [2.45, 2.75) is 25.4 Å². The normalized spacial score (nSPS) is 12.3. The van der Waals surface area contributed by atoms with Gasteiger partial charge in [-0.05, 0) is 69.7 Å². The van der Waals surface area contributed by atoms with E-state index in [0.29, 0.717) is 30.9 Å². The Morgan fingerprint density at radius 3 is 2.43 bits per heavy atom. The lowest BCUT2D eigenvalue weighted by Crippen LogP contribution is -2.06. The lowest BCUT2D eigenvalue weighted by atomic mass is 10.2. The molecule has 0 aliphatic rings. The van der Waals surface area contributed by atoms with Crippen LogP contribution in [-0.4, -0.2) is 18.8 Å². The molecule has 0 amide bonds. The summed E-state index contributed by atoms with van der Waals surface area (Å²) in [6.45, 7) is 0.199. The van der Waals surface area contributed by atoms with Crippen molar-refractivity contribution in [2.24, 2.45) is 0 Å². The van der Waals surface area contributed by atoms with Gasteiger partial charge in [-0.25, -0.2) is 4.79 Å². The summed E-state index contributed by atoms with van der Waals surface area (Å²) in [5.74, 6) is -0.428. The maximum atomic E-state index is 12.0. The highest BCUT2D eigenvalue weighted by atomic mass is 127.